The maximum Gasteiger partial charge on any atom is 0.273 e. The number of carbonyl (C=O) groups is 1. The summed E-state index contributed by atoms with van der Waals surface area (Å²) < 4.78 is 46.5. The first kappa shape index (κ1) is 20.4. The summed E-state index contributed by atoms with van der Waals surface area (Å²) >= 11 is 0. The molecule has 0 saturated carbocycles. The van der Waals surface area contributed by atoms with E-state index in [-0.39, 0.29) is 30.3 Å². The normalized spacial score (nSPS) is 25.5. The van der Waals surface area contributed by atoms with Gasteiger partial charge in [0.25, 0.3) is 5.91 Å². The molecule has 5 rings (SSSR count). The van der Waals surface area contributed by atoms with Crippen LogP contribution in [0.4, 0.5) is 10.1 Å². The van der Waals surface area contributed by atoms with Gasteiger partial charge in [0.05, 0.1) is 19.3 Å². The van der Waals surface area contributed by atoms with Crippen LogP contribution in [0.5, 0.6) is 5.88 Å². The van der Waals surface area contributed by atoms with Crippen molar-refractivity contribution in [2.45, 2.75) is 55.3 Å². The quantitative estimate of drug-likeness (QED) is 0.636. The number of aryl methyl sites for hydroxylation is 1. The summed E-state index contributed by atoms with van der Waals surface area (Å²) in [6.07, 6.45) is 3.63. The third kappa shape index (κ3) is 3.22. The first-order chi connectivity index (χ1) is 14.7. The fraction of sp³-hybridized carbons (Fsp3) is 0.500. The van der Waals surface area contributed by atoms with Crippen molar-refractivity contribution in [2.75, 3.05) is 19.0 Å². The van der Waals surface area contributed by atoms with Crippen LogP contribution in [0.15, 0.2) is 17.2 Å². The molecule has 2 unspecified atom stereocenters. The van der Waals surface area contributed by atoms with Crippen molar-refractivity contribution in [3.05, 3.63) is 34.5 Å². The van der Waals surface area contributed by atoms with Gasteiger partial charge in [0, 0.05) is 25.6 Å². The van der Waals surface area contributed by atoms with Gasteiger partial charge in [-0.1, -0.05) is 6.07 Å². The van der Waals surface area contributed by atoms with E-state index in [4.69, 9.17) is 19.4 Å². The molecular formula is C20H24FN5O4S. The maximum atomic E-state index is 14.2. The van der Waals surface area contributed by atoms with Crippen molar-refractivity contribution < 1.29 is 22.9 Å². The number of amides is 1. The summed E-state index contributed by atoms with van der Waals surface area (Å²) in [5, 5.41) is 12.6. The summed E-state index contributed by atoms with van der Waals surface area (Å²) in [5.74, 6) is -0.425. The largest absolute Gasteiger partial charge is 0.456 e. The highest BCUT2D eigenvalue weighted by Crippen LogP contribution is 2.41. The summed E-state index contributed by atoms with van der Waals surface area (Å²) in [7, 11) is -2.13. The highest BCUT2D eigenvalue weighted by molar-refractivity contribution is 7.90. The van der Waals surface area contributed by atoms with Crippen molar-refractivity contribution >= 4 is 21.5 Å². The van der Waals surface area contributed by atoms with Crippen LogP contribution in [0.1, 0.15) is 28.7 Å². The molecule has 0 saturated heterocycles. The molecule has 1 aromatic heterocycles. The first-order valence-electron chi connectivity index (χ1n) is 10.1. The zero-order chi connectivity index (χ0) is 22.0. The predicted octanol–water partition coefficient (Wildman–Crippen LogP) is 1.50. The van der Waals surface area contributed by atoms with Gasteiger partial charge in [-0.25, -0.2) is 23.2 Å². The number of anilines is 1. The molecule has 0 spiro atoms. The van der Waals surface area contributed by atoms with Crippen molar-refractivity contribution in [1.82, 2.24) is 9.78 Å². The molecule has 3 atom stereocenters. The number of ether oxygens (including phenoxy) is 2. The minimum atomic E-state index is -3.58. The van der Waals surface area contributed by atoms with Gasteiger partial charge in [-0.3, -0.25) is 4.79 Å². The van der Waals surface area contributed by atoms with Crippen LogP contribution in [-0.2, 0) is 51.7 Å². The Morgan fingerprint density at radius 1 is 1.45 bits per heavy atom. The topological polar surface area (TPSA) is 132 Å². The number of rotatable bonds is 5. The fourth-order valence-corrected chi connectivity index (χ4v) is 5.52. The van der Waals surface area contributed by atoms with E-state index in [0.29, 0.717) is 12.1 Å². The van der Waals surface area contributed by atoms with Crippen LogP contribution >= 0.6 is 0 Å². The smallest absolute Gasteiger partial charge is 0.273 e. The lowest BCUT2D eigenvalue weighted by Crippen LogP contribution is -2.51. The molecule has 1 aromatic carbocycles. The van der Waals surface area contributed by atoms with E-state index in [1.165, 1.54) is 18.0 Å². The molecule has 2 heterocycles. The van der Waals surface area contributed by atoms with Gasteiger partial charge in [-0.2, -0.15) is 5.10 Å². The minimum Gasteiger partial charge on any atom is -0.456 e. The molecule has 0 radical (unpaired) electrons. The average molecular weight is 450 g/mol. The second-order valence-corrected chi connectivity index (χ2v) is 10.1. The van der Waals surface area contributed by atoms with Gasteiger partial charge >= 0.3 is 0 Å². The first-order valence-corrected chi connectivity index (χ1v) is 11.8. The fourth-order valence-electron chi connectivity index (χ4n) is 4.91. The summed E-state index contributed by atoms with van der Waals surface area (Å²) in [6.45, 7) is -0.0746. The molecule has 4 N–H and O–H groups in total. The van der Waals surface area contributed by atoms with Gasteiger partial charge in [0.2, 0.25) is 11.5 Å². The molecule has 11 heteroatoms. The molecule has 31 heavy (non-hydrogen) atoms. The van der Waals surface area contributed by atoms with Gasteiger partial charge < -0.3 is 14.8 Å². The lowest BCUT2D eigenvalue weighted by Gasteiger charge is -2.27. The third-order valence-electron chi connectivity index (χ3n) is 6.28. The number of nitrogens with zero attached hydrogens (tertiary/aromatic N) is 2. The Kier molecular flexibility index (Phi) is 4.61. The molecule has 2 aromatic rings. The Morgan fingerprint density at radius 2 is 2.26 bits per heavy atom. The monoisotopic (exact) mass is 449 g/mol. The van der Waals surface area contributed by atoms with Crippen LogP contribution in [-0.4, -0.2) is 45.4 Å². The number of fused-ring (bicyclic) bond motifs is 3. The van der Waals surface area contributed by atoms with Gasteiger partial charge in [0.1, 0.15) is 21.0 Å². The van der Waals surface area contributed by atoms with E-state index in [9.17, 15) is 13.4 Å². The number of alkyl halides is 1. The maximum absolute atomic E-state index is 14.2. The van der Waals surface area contributed by atoms with Crippen molar-refractivity contribution in [1.29, 1.82) is 4.78 Å². The number of hydrogen-bond donors (Lipinski definition) is 3. The van der Waals surface area contributed by atoms with E-state index in [1.54, 1.807) is 0 Å². The number of nitrogens with one attached hydrogen (secondary N) is 2. The number of carbonyl (C=O) groups excluding carboxylic acids is 1. The predicted molar refractivity (Wildman–Crippen MR) is 110 cm³/mol. The molecular weight excluding hydrogens is 425 g/mol. The van der Waals surface area contributed by atoms with Crippen LogP contribution in [0.3, 0.4) is 0 Å². The van der Waals surface area contributed by atoms with Crippen molar-refractivity contribution in [3.63, 3.8) is 0 Å². The summed E-state index contributed by atoms with van der Waals surface area (Å²) in [6, 6.07) is 2.08. The van der Waals surface area contributed by atoms with Gasteiger partial charge in [0.15, 0.2) is 0 Å². The van der Waals surface area contributed by atoms with Gasteiger partial charge in [-0.15, -0.1) is 0 Å². The van der Waals surface area contributed by atoms with Crippen LogP contribution in [0.25, 0.3) is 0 Å². The Hall–Kier alpha value is -2.50. The highest BCUT2D eigenvalue weighted by Gasteiger charge is 2.50. The number of methoxy groups -OCH3 is 1. The highest BCUT2D eigenvalue weighted by atomic mass is 32.2. The Balaban J connectivity index is 1.51. The van der Waals surface area contributed by atoms with E-state index < -0.39 is 27.6 Å². The molecule has 1 aliphatic heterocycles. The van der Waals surface area contributed by atoms with Gasteiger partial charge in [-0.05, 0) is 41.5 Å². The zero-order valence-corrected chi connectivity index (χ0v) is 17.9. The van der Waals surface area contributed by atoms with Crippen LogP contribution < -0.4 is 15.2 Å². The Labute approximate surface area is 179 Å². The third-order valence-corrected chi connectivity index (χ3v) is 7.21. The minimum absolute atomic E-state index is 0.0144. The summed E-state index contributed by atoms with van der Waals surface area (Å²) in [4.78, 5) is 13.5. The second kappa shape index (κ2) is 7.01. The second-order valence-electron chi connectivity index (χ2n) is 8.44. The average Bonchev–Trinajstić information content (AvgIpc) is 3.42. The molecule has 3 aliphatic rings. The summed E-state index contributed by atoms with van der Waals surface area (Å²) in [5.41, 5.74) is 3.22. The lowest BCUT2D eigenvalue weighted by atomic mass is 9.97. The number of nitrogens with two attached hydrogens (primary N) is 1. The number of hydrogen-bond acceptors (Lipinski definition) is 6. The van der Waals surface area contributed by atoms with E-state index in [1.807, 2.05) is 0 Å². The van der Waals surface area contributed by atoms with Crippen LogP contribution in [0, 0.1) is 4.78 Å². The standard InChI is InChI=1S/C20H24FN5O4S/c1-29-10-20(9-26-18(30-20)16(8-24-26)31(22,23)28)19(27)25-17-14-4-2-3-11(14)5-12-6-13(21)7-15(12)17/h5,8,13H,2-4,6-7,9-10H2,1H3,(H,25,27)(H3,22,23,28)/t13-,20?/m1/s1. The van der Waals surface area contributed by atoms with E-state index in [2.05, 4.69) is 16.5 Å². The number of halogens is 1. The Bertz CT molecular complexity index is 1190. The molecule has 9 nitrogen and oxygen atoms in total. The molecule has 1 amide bonds. The van der Waals surface area contributed by atoms with Crippen molar-refractivity contribution in [3.8, 4) is 5.88 Å². The Morgan fingerprint density at radius 3 is 3.00 bits per heavy atom. The SMILES string of the molecule is COCC1(C(=O)Nc2c3c(cc4c2C[C@H](F)C4)CCC3)Cn2ncc(S(=N)(N)=O)c2O1. The molecule has 0 fully saturated rings. The van der Waals surface area contributed by atoms with E-state index >= 15 is 0 Å². The molecule has 166 valence electrons. The number of aromatic nitrogens is 2. The number of benzene rings is 1. The van der Waals surface area contributed by atoms with E-state index in [0.717, 1.165) is 41.5 Å². The van der Waals surface area contributed by atoms with Crippen LogP contribution in [0.2, 0.25) is 0 Å². The van der Waals surface area contributed by atoms with Crippen molar-refractivity contribution in [2.24, 2.45) is 5.14 Å². The molecule has 2 aliphatic carbocycles. The zero-order valence-electron chi connectivity index (χ0n) is 17.1. The lowest BCUT2D eigenvalue weighted by molar-refractivity contribution is -0.134. The molecule has 0 bridgehead atoms.